The summed E-state index contributed by atoms with van der Waals surface area (Å²) in [6.07, 6.45) is 16.9. The molecule has 4 rings (SSSR count). The Balaban J connectivity index is 1.84. The van der Waals surface area contributed by atoms with E-state index in [1.165, 1.54) is 16.9 Å². The van der Waals surface area contributed by atoms with E-state index in [2.05, 4.69) is 87.6 Å². The minimum Gasteiger partial charge on any atom is -0.334 e. The van der Waals surface area contributed by atoms with Crippen LogP contribution in [-0.4, -0.2) is 10.9 Å². The zero-order valence-electron chi connectivity index (χ0n) is 11.1. The van der Waals surface area contributed by atoms with E-state index in [1.807, 2.05) is 0 Å². The van der Waals surface area contributed by atoms with Crippen LogP contribution in [0.1, 0.15) is 17.9 Å². The molecule has 2 aliphatic carbocycles. The standard InChI is InChI=1S/C18H16BrN/c19-13-6-5-7-14(12-13)20-17-10-3-1-8-15(17)16-9-2-4-11-18(16)20/h1-5,7-13,15,17H,6H2. The molecule has 2 heteroatoms. The zero-order valence-corrected chi connectivity index (χ0v) is 12.7. The fourth-order valence-electron chi connectivity index (χ4n) is 3.38. The Labute approximate surface area is 128 Å². The van der Waals surface area contributed by atoms with Gasteiger partial charge in [0.25, 0.3) is 0 Å². The van der Waals surface area contributed by atoms with Crippen molar-refractivity contribution in [3.05, 3.63) is 78.1 Å². The summed E-state index contributed by atoms with van der Waals surface area (Å²) >= 11 is 3.72. The third kappa shape index (κ3) is 1.82. The van der Waals surface area contributed by atoms with Crippen molar-refractivity contribution in [1.29, 1.82) is 0 Å². The van der Waals surface area contributed by atoms with Crippen molar-refractivity contribution in [1.82, 2.24) is 0 Å². The highest BCUT2D eigenvalue weighted by molar-refractivity contribution is 9.09. The third-order valence-electron chi connectivity index (χ3n) is 4.24. The molecule has 0 radical (unpaired) electrons. The summed E-state index contributed by atoms with van der Waals surface area (Å²) in [7, 11) is 0. The van der Waals surface area contributed by atoms with Crippen molar-refractivity contribution < 1.29 is 0 Å². The number of anilines is 1. The van der Waals surface area contributed by atoms with Crippen molar-refractivity contribution in [2.75, 3.05) is 4.90 Å². The SMILES string of the molecule is BrC1C=C(N2c3ccccc3C3C=CC=CC32)C=CC1. The van der Waals surface area contributed by atoms with Crippen LogP contribution < -0.4 is 4.90 Å². The number of hydrogen-bond acceptors (Lipinski definition) is 1. The Hall–Kier alpha value is -1.54. The van der Waals surface area contributed by atoms with Crippen LogP contribution in [0.3, 0.4) is 0 Å². The Bertz CT molecular complexity index is 653. The molecule has 0 saturated heterocycles. The van der Waals surface area contributed by atoms with Crippen LogP contribution in [0.5, 0.6) is 0 Å². The molecule has 0 fully saturated rings. The number of rotatable bonds is 1. The number of halogens is 1. The molecule has 0 saturated carbocycles. The van der Waals surface area contributed by atoms with Gasteiger partial charge in [0.1, 0.15) is 0 Å². The van der Waals surface area contributed by atoms with E-state index in [0.717, 1.165) is 6.42 Å². The Morgan fingerprint density at radius 2 is 1.95 bits per heavy atom. The van der Waals surface area contributed by atoms with E-state index < -0.39 is 0 Å². The molecule has 0 amide bonds. The van der Waals surface area contributed by atoms with Gasteiger partial charge in [-0.2, -0.15) is 0 Å². The van der Waals surface area contributed by atoms with Gasteiger partial charge in [-0.3, -0.25) is 0 Å². The first-order valence-corrected chi connectivity index (χ1v) is 8.02. The Morgan fingerprint density at radius 1 is 1.10 bits per heavy atom. The first kappa shape index (κ1) is 12.2. The van der Waals surface area contributed by atoms with Gasteiger partial charge >= 0.3 is 0 Å². The highest BCUT2D eigenvalue weighted by Gasteiger charge is 2.37. The Morgan fingerprint density at radius 3 is 2.85 bits per heavy atom. The zero-order chi connectivity index (χ0) is 13.5. The number of fused-ring (bicyclic) bond motifs is 3. The molecule has 1 heterocycles. The number of para-hydroxylation sites is 1. The number of hydrogen-bond donors (Lipinski definition) is 0. The van der Waals surface area contributed by atoms with E-state index in [9.17, 15) is 0 Å². The normalized spacial score (nSPS) is 30.1. The maximum Gasteiger partial charge on any atom is 0.0629 e. The van der Waals surface area contributed by atoms with Gasteiger partial charge in [0.05, 0.1) is 6.04 Å². The molecule has 3 atom stereocenters. The molecular weight excluding hydrogens is 310 g/mol. The molecular formula is C18H16BrN. The average molecular weight is 326 g/mol. The van der Waals surface area contributed by atoms with Crippen molar-refractivity contribution in [3.63, 3.8) is 0 Å². The average Bonchev–Trinajstić information content (AvgIpc) is 2.82. The minimum atomic E-state index is 0.408. The van der Waals surface area contributed by atoms with Gasteiger partial charge < -0.3 is 4.90 Å². The van der Waals surface area contributed by atoms with Gasteiger partial charge in [0.15, 0.2) is 0 Å². The first-order valence-electron chi connectivity index (χ1n) is 7.10. The van der Waals surface area contributed by atoms with Gasteiger partial charge in [-0.15, -0.1) is 0 Å². The summed E-state index contributed by atoms with van der Waals surface area (Å²) < 4.78 is 0. The molecule has 1 aromatic carbocycles. The van der Waals surface area contributed by atoms with Crippen LogP contribution in [0.15, 0.2) is 72.5 Å². The molecule has 1 aromatic rings. The second-order valence-corrected chi connectivity index (χ2v) is 6.64. The molecule has 3 unspecified atom stereocenters. The van der Waals surface area contributed by atoms with Crippen molar-refractivity contribution in [3.8, 4) is 0 Å². The predicted molar refractivity (Wildman–Crippen MR) is 88.3 cm³/mol. The molecule has 0 N–H and O–H groups in total. The monoisotopic (exact) mass is 325 g/mol. The van der Waals surface area contributed by atoms with Crippen LogP contribution in [-0.2, 0) is 0 Å². The second kappa shape index (κ2) is 4.78. The van der Waals surface area contributed by atoms with Crippen LogP contribution >= 0.6 is 15.9 Å². The molecule has 0 spiro atoms. The van der Waals surface area contributed by atoms with Crippen molar-refractivity contribution in [2.24, 2.45) is 0 Å². The summed E-state index contributed by atoms with van der Waals surface area (Å²) in [6.45, 7) is 0. The molecule has 100 valence electrons. The van der Waals surface area contributed by atoms with E-state index in [0.29, 0.717) is 16.8 Å². The number of alkyl halides is 1. The smallest absolute Gasteiger partial charge is 0.0629 e. The lowest BCUT2D eigenvalue weighted by atomic mass is 9.91. The fourth-order valence-corrected chi connectivity index (χ4v) is 3.87. The van der Waals surface area contributed by atoms with Crippen molar-refractivity contribution >= 4 is 21.6 Å². The second-order valence-electron chi connectivity index (χ2n) is 5.46. The molecule has 3 aliphatic rings. The van der Waals surface area contributed by atoms with Gasteiger partial charge in [-0.05, 0) is 30.2 Å². The third-order valence-corrected chi connectivity index (χ3v) is 4.88. The molecule has 0 bridgehead atoms. The topological polar surface area (TPSA) is 3.24 Å². The summed E-state index contributed by atoms with van der Waals surface area (Å²) in [5.41, 5.74) is 4.08. The lowest BCUT2D eigenvalue weighted by molar-refractivity contribution is 0.725. The number of benzene rings is 1. The maximum absolute atomic E-state index is 3.72. The molecule has 1 nitrogen and oxygen atoms in total. The van der Waals surface area contributed by atoms with E-state index in [1.54, 1.807) is 0 Å². The number of allylic oxidation sites excluding steroid dienone is 5. The lowest BCUT2D eigenvalue weighted by Crippen LogP contribution is -2.32. The summed E-state index contributed by atoms with van der Waals surface area (Å²) in [5, 5.41) is 0. The fraction of sp³-hybridized carbons (Fsp3) is 0.222. The summed E-state index contributed by atoms with van der Waals surface area (Å²) in [6, 6.07) is 9.18. The Kier molecular flexibility index (Phi) is 2.92. The highest BCUT2D eigenvalue weighted by atomic mass is 79.9. The van der Waals surface area contributed by atoms with Crippen LogP contribution in [0.25, 0.3) is 0 Å². The largest absolute Gasteiger partial charge is 0.334 e. The highest BCUT2D eigenvalue weighted by Crippen LogP contribution is 2.46. The van der Waals surface area contributed by atoms with E-state index >= 15 is 0 Å². The maximum atomic E-state index is 3.72. The molecule has 20 heavy (non-hydrogen) atoms. The van der Waals surface area contributed by atoms with Gasteiger partial charge in [-0.25, -0.2) is 0 Å². The van der Waals surface area contributed by atoms with E-state index in [4.69, 9.17) is 0 Å². The molecule has 0 aromatic heterocycles. The summed E-state index contributed by atoms with van der Waals surface area (Å²) in [4.78, 5) is 2.92. The first-order chi connectivity index (χ1) is 9.84. The molecule has 1 aliphatic heterocycles. The van der Waals surface area contributed by atoms with E-state index in [-0.39, 0.29) is 0 Å². The predicted octanol–water partition coefficient (Wildman–Crippen LogP) is 4.69. The van der Waals surface area contributed by atoms with Crippen LogP contribution in [0, 0.1) is 0 Å². The van der Waals surface area contributed by atoms with Gasteiger partial charge in [0, 0.05) is 22.1 Å². The van der Waals surface area contributed by atoms with Gasteiger partial charge in [0.2, 0.25) is 0 Å². The van der Waals surface area contributed by atoms with Crippen molar-refractivity contribution in [2.45, 2.75) is 23.2 Å². The quantitative estimate of drug-likeness (QED) is 0.677. The number of nitrogens with zero attached hydrogens (tertiary/aromatic N) is 1. The van der Waals surface area contributed by atoms with Crippen LogP contribution in [0.4, 0.5) is 5.69 Å². The minimum absolute atomic E-state index is 0.408. The lowest BCUT2D eigenvalue weighted by Gasteiger charge is -2.31. The van der Waals surface area contributed by atoms with Crippen LogP contribution in [0.2, 0.25) is 0 Å². The summed E-state index contributed by atoms with van der Waals surface area (Å²) in [5.74, 6) is 0.473. The van der Waals surface area contributed by atoms with Gasteiger partial charge in [-0.1, -0.05) is 64.5 Å².